The summed E-state index contributed by atoms with van der Waals surface area (Å²) in [5.41, 5.74) is 4.85. The number of carbonyl (C=O) groups excluding carboxylic acids is 1. The third kappa shape index (κ3) is 183. The normalized spacial score (nSPS) is 5.17. The zero-order chi connectivity index (χ0) is 5.41. The molecule has 0 fully saturated rings. The molecule has 0 aromatic heterocycles. The summed E-state index contributed by atoms with van der Waals surface area (Å²) in [6, 6.07) is 0. The molecule has 0 bridgehead atoms. The van der Waals surface area contributed by atoms with Crippen LogP contribution in [0.2, 0.25) is 0 Å². The fraction of sp³-hybridized carbons (Fsp3) is 0.750. The van der Waals surface area contributed by atoms with E-state index in [1.807, 2.05) is 6.92 Å². The lowest BCUT2D eigenvalue weighted by molar-refractivity contribution is -0.106. The van der Waals surface area contributed by atoms with E-state index in [4.69, 9.17) is 10.5 Å². The maximum atomic E-state index is 8.81. The summed E-state index contributed by atoms with van der Waals surface area (Å²) in [4.78, 5) is 8.81. The molecule has 2 nitrogen and oxygen atoms in total. The van der Waals surface area contributed by atoms with Crippen molar-refractivity contribution in [2.24, 2.45) is 5.73 Å². The molecule has 0 aliphatic carbocycles. The van der Waals surface area contributed by atoms with E-state index in [0.29, 0.717) is 0 Å². The Morgan fingerprint density at radius 1 is 1.83 bits per heavy atom. The molecule has 0 saturated carbocycles. The van der Waals surface area contributed by atoms with Gasteiger partial charge in [0.05, 0.1) is 0 Å². The van der Waals surface area contributed by atoms with Crippen LogP contribution in [-0.4, -0.2) is 12.8 Å². The highest BCUT2D eigenvalue weighted by atomic mass is 16.1. The van der Waals surface area contributed by atoms with Gasteiger partial charge in [-0.3, -0.25) is 0 Å². The van der Waals surface area contributed by atoms with Crippen molar-refractivity contribution >= 4 is 6.29 Å². The van der Waals surface area contributed by atoms with Crippen molar-refractivity contribution in [3.8, 4) is 0 Å². The van der Waals surface area contributed by atoms with Crippen LogP contribution in [0.4, 0.5) is 0 Å². The van der Waals surface area contributed by atoms with Crippen molar-refractivity contribution < 1.29 is 4.79 Å². The van der Waals surface area contributed by atoms with Gasteiger partial charge < -0.3 is 10.5 Å². The molecule has 2 N–H and O–H groups in total. The van der Waals surface area contributed by atoms with Crippen molar-refractivity contribution in [3.63, 3.8) is 0 Å². The molecule has 0 saturated heterocycles. The zero-order valence-corrected chi connectivity index (χ0v) is 4.27. The highest BCUT2D eigenvalue weighted by molar-refractivity contribution is 5.44. The standard InChI is InChI=1S/C2H7N.C2H4O/c2*1-2-3/h2-3H2,1H3;2H,1H3. The Morgan fingerprint density at radius 3 is 1.83 bits per heavy atom. The molecule has 0 aromatic rings. The van der Waals surface area contributed by atoms with Gasteiger partial charge in [-0.2, -0.15) is 0 Å². The molecule has 0 amide bonds. The number of hydrogen-bond acceptors (Lipinski definition) is 2. The van der Waals surface area contributed by atoms with E-state index in [9.17, 15) is 0 Å². The Morgan fingerprint density at radius 2 is 1.83 bits per heavy atom. The molecule has 38 valence electrons. The molecular formula is C4H11NO. The van der Waals surface area contributed by atoms with Crippen molar-refractivity contribution in [1.29, 1.82) is 0 Å². The van der Waals surface area contributed by atoms with Gasteiger partial charge in [-0.15, -0.1) is 0 Å². The van der Waals surface area contributed by atoms with E-state index in [2.05, 4.69) is 0 Å². The smallest absolute Gasteiger partial charge is 0.116 e. The summed E-state index contributed by atoms with van der Waals surface area (Å²) in [6.45, 7) is 4.10. The van der Waals surface area contributed by atoms with E-state index in [0.717, 1.165) is 12.8 Å². The second-order valence-corrected chi connectivity index (χ2v) is 0.644. The van der Waals surface area contributed by atoms with E-state index < -0.39 is 0 Å². The number of hydrogen-bond donors (Lipinski definition) is 1. The molecule has 2 heteroatoms. The van der Waals surface area contributed by atoms with Gasteiger partial charge in [-0.1, -0.05) is 6.92 Å². The summed E-state index contributed by atoms with van der Waals surface area (Å²) >= 11 is 0. The first-order valence-corrected chi connectivity index (χ1v) is 1.93. The maximum absolute atomic E-state index is 8.81. The molecule has 0 atom stereocenters. The second-order valence-electron chi connectivity index (χ2n) is 0.644. The SMILES string of the molecule is CC=O.CCN. The summed E-state index contributed by atoms with van der Waals surface area (Å²) in [6.07, 6.45) is 0.750. The quantitative estimate of drug-likeness (QED) is 0.430. The first-order valence-electron chi connectivity index (χ1n) is 1.93. The lowest BCUT2D eigenvalue weighted by atomic mass is 10.8. The monoisotopic (exact) mass is 89.1 g/mol. The van der Waals surface area contributed by atoms with Crippen LogP contribution in [0.5, 0.6) is 0 Å². The largest absolute Gasteiger partial charge is 0.331 e. The Labute approximate surface area is 38.3 Å². The Kier molecular flexibility index (Phi) is 35.1. The zero-order valence-electron chi connectivity index (χ0n) is 4.27. The van der Waals surface area contributed by atoms with Gasteiger partial charge in [0.1, 0.15) is 6.29 Å². The van der Waals surface area contributed by atoms with Gasteiger partial charge >= 0.3 is 0 Å². The highest BCUT2D eigenvalue weighted by Crippen LogP contribution is 1.20. The topological polar surface area (TPSA) is 43.1 Å². The summed E-state index contributed by atoms with van der Waals surface area (Å²) in [7, 11) is 0. The predicted octanol–water partition coefficient (Wildman–Crippen LogP) is 0.170. The third-order valence-corrected chi connectivity index (χ3v) is 0. The minimum atomic E-state index is 0.750. The molecule has 0 spiro atoms. The van der Waals surface area contributed by atoms with E-state index in [1.54, 1.807) is 0 Å². The van der Waals surface area contributed by atoms with Crippen LogP contribution in [0.1, 0.15) is 13.8 Å². The van der Waals surface area contributed by atoms with Crippen LogP contribution < -0.4 is 5.73 Å². The Balaban J connectivity index is 0. The van der Waals surface area contributed by atoms with Crippen LogP contribution in [0, 0.1) is 0 Å². The first kappa shape index (κ1) is 9.16. The average molecular weight is 89.1 g/mol. The number of nitrogens with two attached hydrogens (primary N) is 1. The molecule has 0 rings (SSSR count). The minimum absolute atomic E-state index is 0.750. The third-order valence-electron chi connectivity index (χ3n) is 0. The fourth-order valence-corrected chi connectivity index (χ4v) is 0. The molecule has 0 heterocycles. The minimum Gasteiger partial charge on any atom is -0.331 e. The van der Waals surface area contributed by atoms with Crippen LogP contribution in [-0.2, 0) is 4.79 Å². The second kappa shape index (κ2) is 23.0. The molecular weight excluding hydrogens is 78.0 g/mol. The lowest BCUT2D eigenvalue weighted by Gasteiger charge is -1.53. The van der Waals surface area contributed by atoms with E-state index in [1.165, 1.54) is 6.92 Å². The van der Waals surface area contributed by atoms with Gasteiger partial charge in [0.15, 0.2) is 0 Å². The lowest BCUT2D eigenvalue weighted by Crippen LogP contribution is -1.87. The van der Waals surface area contributed by atoms with E-state index in [-0.39, 0.29) is 0 Å². The Hall–Kier alpha value is -0.370. The van der Waals surface area contributed by atoms with E-state index >= 15 is 0 Å². The van der Waals surface area contributed by atoms with Crippen molar-refractivity contribution in [3.05, 3.63) is 0 Å². The van der Waals surface area contributed by atoms with Gasteiger partial charge in [0.2, 0.25) is 0 Å². The number of aldehydes is 1. The predicted molar refractivity (Wildman–Crippen MR) is 26.5 cm³/mol. The first-order chi connectivity index (χ1) is 2.83. The molecule has 0 aromatic carbocycles. The highest BCUT2D eigenvalue weighted by Gasteiger charge is 1.32. The molecule has 0 aliphatic rings. The number of carbonyl (C=O) groups is 1. The van der Waals surface area contributed by atoms with Gasteiger partial charge in [-0.25, -0.2) is 0 Å². The van der Waals surface area contributed by atoms with Gasteiger partial charge in [-0.05, 0) is 13.5 Å². The molecule has 0 radical (unpaired) electrons. The van der Waals surface area contributed by atoms with Crippen molar-refractivity contribution in [2.45, 2.75) is 13.8 Å². The van der Waals surface area contributed by atoms with Crippen LogP contribution in [0.15, 0.2) is 0 Å². The summed E-state index contributed by atoms with van der Waals surface area (Å²) in [5, 5.41) is 0. The van der Waals surface area contributed by atoms with Gasteiger partial charge in [0.25, 0.3) is 0 Å². The van der Waals surface area contributed by atoms with Crippen LogP contribution in [0.3, 0.4) is 0 Å². The summed E-state index contributed by atoms with van der Waals surface area (Å²) in [5.74, 6) is 0. The van der Waals surface area contributed by atoms with Gasteiger partial charge in [0, 0.05) is 0 Å². The molecule has 0 aliphatic heterocycles. The Bertz CT molecular complexity index is 21.5. The van der Waals surface area contributed by atoms with Crippen LogP contribution >= 0.6 is 0 Å². The average Bonchev–Trinajstić information content (AvgIpc) is 1.39. The molecule has 0 unspecified atom stereocenters. The van der Waals surface area contributed by atoms with Crippen molar-refractivity contribution in [2.75, 3.05) is 6.54 Å². The molecule has 6 heavy (non-hydrogen) atoms. The fourth-order valence-electron chi connectivity index (χ4n) is 0. The summed E-state index contributed by atoms with van der Waals surface area (Å²) < 4.78 is 0. The maximum Gasteiger partial charge on any atom is 0.116 e. The number of rotatable bonds is 0. The van der Waals surface area contributed by atoms with Crippen molar-refractivity contribution in [1.82, 2.24) is 0 Å². The van der Waals surface area contributed by atoms with Crippen LogP contribution in [0.25, 0.3) is 0 Å².